The minimum Gasteiger partial charge on any atom is -0.462 e. The van der Waals surface area contributed by atoms with Crippen molar-refractivity contribution in [1.82, 2.24) is 5.32 Å². The van der Waals surface area contributed by atoms with Gasteiger partial charge in [0.1, 0.15) is 4.88 Å². The lowest BCUT2D eigenvalue weighted by Gasteiger charge is -2.17. The second-order valence-electron chi connectivity index (χ2n) is 6.15. The summed E-state index contributed by atoms with van der Waals surface area (Å²) < 4.78 is 4.96. The summed E-state index contributed by atoms with van der Waals surface area (Å²) >= 11 is 1.19. The maximum atomic E-state index is 11.9. The SMILES string of the molecule is CCOC(=O)c1sc(NC(=O)CCNC(=O)C(C)(C)C)cc1C. The van der Waals surface area contributed by atoms with Crippen LogP contribution in [0, 0.1) is 12.3 Å². The van der Waals surface area contributed by atoms with E-state index in [1.54, 1.807) is 19.9 Å². The van der Waals surface area contributed by atoms with Crippen LogP contribution in [0.2, 0.25) is 0 Å². The molecule has 6 nitrogen and oxygen atoms in total. The number of rotatable bonds is 6. The third-order valence-corrected chi connectivity index (χ3v) is 4.09. The number of carbonyl (C=O) groups is 3. The molecule has 7 heteroatoms. The molecular formula is C16H24N2O4S. The minimum absolute atomic E-state index is 0.0955. The molecule has 0 fully saturated rings. The first-order valence-electron chi connectivity index (χ1n) is 7.50. The lowest BCUT2D eigenvalue weighted by atomic mass is 9.96. The number of carbonyl (C=O) groups excluding carboxylic acids is 3. The van der Waals surface area contributed by atoms with Crippen LogP contribution in [0.4, 0.5) is 5.00 Å². The van der Waals surface area contributed by atoms with Gasteiger partial charge in [0.05, 0.1) is 11.6 Å². The molecule has 0 saturated carbocycles. The van der Waals surface area contributed by atoms with Crippen molar-refractivity contribution in [3.8, 4) is 0 Å². The largest absolute Gasteiger partial charge is 0.462 e. The Morgan fingerprint density at radius 3 is 2.48 bits per heavy atom. The Morgan fingerprint density at radius 2 is 1.91 bits per heavy atom. The van der Waals surface area contributed by atoms with Crippen LogP contribution < -0.4 is 10.6 Å². The smallest absolute Gasteiger partial charge is 0.348 e. The maximum absolute atomic E-state index is 11.9. The van der Waals surface area contributed by atoms with Crippen LogP contribution in [0.25, 0.3) is 0 Å². The van der Waals surface area contributed by atoms with E-state index in [1.165, 1.54) is 11.3 Å². The summed E-state index contributed by atoms with van der Waals surface area (Å²) in [6.45, 7) is 9.56. The number of thiophene rings is 1. The first kappa shape index (κ1) is 19.2. The van der Waals surface area contributed by atoms with Crippen LogP contribution in [0.3, 0.4) is 0 Å². The van der Waals surface area contributed by atoms with Crippen LogP contribution in [-0.4, -0.2) is 30.9 Å². The molecule has 1 rings (SSSR count). The second-order valence-corrected chi connectivity index (χ2v) is 7.20. The summed E-state index contributed by atoms with van der Waals surface area (Å²) in [5.74, 6) is -0.689. The molecule has 0 aliphatic rings. The summed E-state index contributed by atoms with van der Waals surface area (Å²) in [5.41, 5.74) is 0.292. The average Bonchev–Trinajstić information content (AvgIpc) is 2.78. The Labute approximate surface area is 140 Å². The Kier molecular flexibility index (Phi) is 6.75. The Bertz CT molecular complexity index is 587. The van der Waals surface area contributed by atoms with Crippen molar-refractivity contribution < 1.29 is 19.1 Å². The molecule has 2 amide bonds. The van der Waals surface area contributed by atoms with E-state index in [2.05, 4.69) is 10.6 Å². The van der Waals surface area contributed by atoms with E-state index in [9.17, 15) is 14.4 Å². The molecule has 1 aromatic heterocycles. The molecule has 0 spiro atoms. The van der Waals surface area contributed by atoms with Crippen LogP contribution in [0.15, 0.2) is 6.07 Å². The summed E-state index contributed by atoms with van der Waals surface area (Å²) in [5, 5.41) is 6.05. The van der Waals surface area contributed by atoms with Gasteiger partial charge in [-0.25, -0.2) is 4.79 Å². The summed E-state index contributed by atoms with van der Waals surface area (Å²) in [6, 6.07) is 1.74. The molecule has 0 aliphatic heterocycles. The fraction of sp³-hybridized carbons (Fsp3) is 0.562. The average molecular weight is 340 g/mol. The van der Waals surface area contributed by atoms with Gasteiger partial charge in [-0.15, -0.1) is 11.3 Å². The van der Waals surface area contributed by atoms with Crippen molar-refractivity contribution >= 4 is 34.1 Å². The first-order chi connectivity index (χ1) is 10.6. The first-order valence-corrected chi connectivity index (χ1v) is 8.32. The lowest BCUT2D eigenvalue weighted by Crippen LogP contribution is -2.36. The number of aryl methyl sites for hydroxylation is 1. The molecule has 1 aromatic rings. The maximum Gasteiger partial charge on any atom is 0.348 e. The summed E-state index contributed by atoms with van der Waals surface area (Å²) in [7, 11) is 0. The topological polar surface area (TPSA) is 84.5 Å². The molecular weight excluding hydrogens is 316 g/mol. The van der Waals surface area contributed by atoms with Crippen molar-refractivity contribution in [3.63, 3.8) is 0 Å². The highest BCUT2D eigenvalue weighted by atomic mass is 32.1. The van der Waals surface area contributed by atoms with E-state index in [4.69, 9.17) is 4.74 Å². The molecule has 0 aromatic carbocycles. The predicted octanol–water partition coefficient (Wildman–Crippen LogP) is 2.72. The molecule has 23 heavy (non-hydrogen) atoms. The number of ether oxygens (including phenoxy) is 1. The predicted molar refractivity (Wildman–Crippen MR) is 90.7 cm³/mol. The fourth-order valence-electron chi connectivity index (χ4n) is 1.70. The van der Waals surface area contributed by atoms with Crippen LogP contribution in [-0.2, 0) is 14.3 Å². The van der Waals surface area contributed by atoms with Gasteiger partial charge >= 0.3 is 5.97 Å². The Morgan fingerprint density at radius 1 is 1.26 bits per heavy atom. The van der Waals surface area contributed by atoms with Crippen LogP contribution in [0.5, 0.6) is 0 Å². The number of esters is 1. The van der Waals surface area contributed by atoms with E-state index in [0.717, 1.165) is 5.56 Å². The number of hydrogen-bond donors (Lipinski definition) is 2. The Hall–Kier alpha value is -1.89. The van der Waals surface area contributed by atoms with Gasteiger partial charge in [0.25, 0.3) is 0 Å². The standard InChI is InChI=1S/C16H24N2O4S/c1-6-22-14(20)13-10(2)9-12(23-13)18-11(19)7-8-17-15(21)16(3,4)5/h9H,6-8H2,1-5H3,(H,17,21)(H,18,19). The third kappa shape index (κ3) is 6.02. The van der Waals surface area contributed by atoms with Crippen molar-refractivity contribution in [2.24, 2.45) is 5.41 Å². The molecule has 0 unspecified atom stereocenters. The van der Waals surface area contributed by atoms with Gasteiger partial charge in [0.15, 0.2) is 0 Å². The molecule has 0 atom stereocenters. The zero-order valence-corrected chi connectivity index (χ0v) is 15.1. The van der Waals surface area contributed by atoms with Crippen molar-refractivity contribution in [2.45, 2.75) is 41.0 Å². The number of anilines is 1. The number of hydrogen-bond acceptors (Lipinski definition) is 5. The normalized spacial score (nSPS) is 11.0. The van der Waals surface area contributed by atoms with Crippen molar-refractivity contribution in [3.05, 3.63) is 16.5 Å². The third-order valence-electron chi connectivity index (χ3n) is 2.96. The molecule has 1 heterocycles. The Balaban J connectivity index is 2.51. The van der Waals surface area contributed by atoms with Gasteiger partial charge in [0.2, 0.25) is 11.8 Å². The molecule has 128 valence electrons. The van der Waals surface area contributed by atoms with Gasteiger partial charge in [-0.2, -0.15) is 0 Å². The van der Waals surface area contributed by atoms with Crippen molar-refractivity contribution in [1.29, 1.82) is 0 Å². The fourth-order valence-corrected chi connectivity index (χ4v) is 2.68. The monoisotopic (exact) mass is 340 g/mol. The quantitative estimate of drug-likeness (QED) is 0.780. The van der Waals surface area contributed by atoms with Crippen molar-refractivity contribution in [2.75, 3.05) is 18.5 Å². The zero-order valence-electron chi connectivity index (χ0n) is 14.2. The van der Waals surface area contributed by atoms with Gasteiger partial charge in [-0.3, -0.25) is 9.59 Å². The van der Waals surface area contributed by atoms with E-state index in [0.29, 0.717) is 16.5 Å². The zero-order chi connectivity index (χ0) is 17.6. The molecule has 0 bridgehead atoms. The van der Waals surface area contributed by atoms with Gasteiger partial charge in [0, 0.05) is 18.4 Å². The van der Waals surface area contributed by atoms with E-state index < -0.39 is 5.41 Å². The molecule has 2 N–H and O–H groups in total. The summed E-state index contributed by atoms with van der Waals surface area (Å²) in [6.07, 6.45) is 0.174. The number of nitrogens with one attached hydrogen (secondary N) is 2. The summed E-state index contributed by atoms with van der Waals surface area (Å²) in [4.78, 5) is 35.8. The van der Waals surface area contributed by atoms with Gasteiger partial charge in [-0.05, 0) is 25.5 Å². The lowest BCUT2D eigenvalue weighted by molar-refractivity contribution is -0.128. The highest BCUT2D eigenvalue weighted by Crippen LogP contribution is 2.27. The van der Waals surface area contributed by atoms with E-state index in [1.807, 2.05) is 20.8 Å². The highest BCUT2D eigenvalue weighted by Gasteiger charge is 2.21. The van der Waals surface area contributed by atoms with Crippen LogP contribution in [0.1, 0.15) is 49.4 Å². The molecule has 0 aliphatic carbocycles. The number of amides is 2. The van der Waals surface area contributed by atoms with Gasteiger partial charge in [-0.1, -0.05) is 20.8 Å². The second kappa shape index (κ2) is 8.10. The minimum atomic E-state index is -0.476. The van der Waals surface area contributed by atoms with Crippen LogP contribution >= 0.6 is 11.3 Å². The van der Waals surface area contributed by atoms with Gasteiger partial charge < -0.3 is 15.4 Å². The molecule has 0 saturated heterocycles. The highest BCUT2D eigenvalue weighted by molar-refractivity contribution is 7.18. The van der Waals surface area contributed by atoms with E-state index >= 15 is 0 Å². The van der Waals surface area contributed by atoms with E-state index in [-0.39, 0.29) is 30.7 Å². The molecule has 0 radical (unpaired) electrons.